The smallest absolute Gasteiger partial charge is 0.228 e. The highest BCUT2D eigenvalue weighted by Gasteiger charge is 2.50. The van der Waals surface area contributed by atoms with Crippen LogP contribution < -0.4 is 5.32 Å². The van der Waals surface area contributed by atoms with Gasteiger partial charge in [0.1, 0.15) is 0 Å². The molecule has 3 rings (SSSR count). The molecule has 14 heavy (non-hydrogen) atoms. The monoisotopic (exact) mass is 194 g/mol. The molecule has 3 fully saturated rings. The fourth-order valence-electron chi connectivity index (χ4n) is 2.80. The summed E-state index contributed by atoms with van der Waals surface area (Å²) < 4.78 is 0. The molecule has 0 aromatic carbocycles. The first-order valence-corrected chi connectivity index (χ1v) is 5.72. The van der Waals surface area contributed by atoms with Gasteiger partial charge >= 0.3 is 0 Å². The highest BCUT2D eigenvalue weighted by molar-refractivity contribution is 5.85. The minimum atomic E-state index is 0.0264. The van der Waals surface area contributed by atoms with Crippen LogP contribution in [0.5, 0.6) is 0 Å². The number of likely N-dealkylation sites (tertiary alicyclic amines) is 1. The van der Waals surface area contributed by atoms with E-state index in [1.54, 1.807) is 0 Å². The van der Waals surface area contributed by atoms with Gasteiger partial charge in [0.05, 0.1) is 0 Å². The molecule has 0 bridgehead atoms. The maximum absolute atomic E-state index is 12.1. The van der Waals surface area contributed by atoms with Crippen LogP contribution in [-0.2, 0) is 4.79 Å². The van der Waals surface area contributed by atoms with E-state index in [-0.39, 0.29) is 5.41 Å². The molecule has 1 N–H and O–H groups in total. The number of rotatable bonds is 1. The minimum absolute atomic E-state index is 0.0264. The van der Waals surface area contributed by atoms with Crippen molar-refractivity contribution in [2.24, 2.45) is 11.3 Å². The normalized spacial score (nSPS) is 38.5. The Morgan fingerprint density at radius 1 is 1.43 bits per heavy atom. The van der Waals surface area contributed by atoms with E-state index in [2.05, 4.69) is 17.1 Å². The SMILES string of the molecule is CC1(C(=O)N2CC3CCNC3C2)CC1. The lowest BCUT2D eigenvalue weighted by atomic mass is 10.1. The van der Waals surface area contributed by atoms with Gasteiger partial charge in [0.15, 0.2) is 0 Å². The Balaban J connectivity index is 1.68. The molecule has 1 saturated carbocycles. The number of fused-ring (bicyclic) bond motifs is 1. The summed E-state index contributed by atoms with van der Waals surface area (Å²) in [4.78, 5) is 14.2. The minimum Gasteiger partial charge on any atom is -0.340 e. The van der Waals surface area contributed by atoms with Gasteiger partial charge in [-0.25, -0.2) is 0 Å². The highest BCUT2D eigenvalue weighted by atomic mass is 16.2. The van der Waals surface area contributed by atoms with Gasteiger partial charge in [0, 0.05) is 24.5 Å². The molecule has 3 nitrogen and oxygen atoms in total. The van der Waals surface area contributed by atoms with Crippen LogP contribution in [0.3, 0.4) is 0 Å². The molecule has 3 aliphatic rings. The van der Waals surface area contributed by atoms with E-state index in [4.69, 9.17) is 0 Å². The van der Waals surface area contributed by atoms with Crippen molar-refractivity contribution in [3.63, 3.8) is 0 Å². The number of amides is 1. The molecular weight excluding hydrogens is 176 g/mol. The summed E-state index contributed by atoms with van der Waals surface area (Å²) >= 11 is 0. The predicted molar refractivity (Wildman–Crippen MR) is 53.8 cm³/mol. The van der Waals surface area contributed by atoms with Crippen molar-refractivity contribution in [3.8, 4) is 0 Å². The maximum atomic E-state index is 12.1. The Morgan fingerprint density at radius 2 is 2.21 bits per heavy atom. The second kappa shape index (κ2) is 2.72. The highest BCUT2D eigenvalue weighted by Crippen LogP contribution is 2.47. The molecule has 0 aromatic rings. The second-order valence-electron chi connectivity index (χ2n) is 5.38. The quantitative estimate of drug-likeness (QED) is 0.663. The van der Waals surface area contributed by atoms with E-state index in [9.17, 15) is 4.79 Å². The Hall–Kier alpha value is -0.570. The molecular formula is C11H18N2O. The fourth-order valence-corrected chi connectivity index (χ4v) is 2.80. The number of nitrogens with zero attached hydrogens (tertiary/aromatic N) is 1. The van der Waals surface area contributed by atoms with Gasteiger partial charge < -0.3 is 10.2 Å². The van der Waals surface area contributed by atoms with Crippen LogP contribution in [0.2, 0.25) is 0 Å². The van der Waals surface area contributed by atoms with Crippen LogP contribution >= 0.6 is 0 Å². The van der Waals surface area contributed by atoms with Gasteiger partial charge in [-0.05, 0) is 31.7 Å². The van der Waals surface area contributed by atoms with Crippen molar-refractivity contribution in [1.82, 2.24) is 10.2 Å². The zero-order chi connectivity index (χ0) is 9.76. The van der Waals surface area contributed by atoms with Crippen LogP contribution in [0.4, 0.5) is 0 Å². The van der Waals surface area contributed by atoms with Gasteiger partial charge in [-0.1, -0.05) is 6.92 Å². The molecule has 2 saturated heterocycles. The summed E-state index contributed by atoms with van der Waals surface area (Å²) in [5, 5.41) is 3.48. The predicted octanol–water partition coefficient (Wildman–Crippen LogP) is 0.607. The first-order chi connectivity index (χ1) is 6.69. The maximum Gasteiger partial charge on any atom is 0.228 e. The molecule has 3 heteroatoms. The lowest BCUT2D eigenvalue weighted by Crippen LogP contribution is -2.37. The molecule has 0 radical (unpaired) electrons. The number of carbonyl (C=O) groups excluding carboxylic acids is 1. The van der Waals surface area contributed by atoms with Gasteiger partial charge in [-0.3, -0.25) is 4.79 Å². The first-order valence-electron chi connectivity index (χ1n) is 5.72. The summed E-state index contributed by atoms with van der Waals surface area (Å²) in [5.41, 5.74) is 0.0264. The topological polar surface area (TPSA) is 32.3 Å². The number of nitrogens with one attached hydrogen (secondary N) is 1. The van der Waals surface area contributed by atoms with E-state index < -0.39 is 0 Å². The first kappa shape index (κ1) is 8.72. The molecule has 2 unspecified atom stereocenters. The van der Waals surface area contributed by atoms with Crippen molar-refractivity contribution >= 4 is 5.91 Å². The van der Waals surface area contributed by atoms with Crippen molar-refractivity contribution in [2.75, 3.05) is 19.6 Å². The molecule has 78 valence electrons. The van der Waals surface area contributed by atoms with E-state index in [1.807, 2.05) is 0 Å². The summed E-state index contributed by atoms with van der Waals surface area (Å²) in [7, 11) is 0. The van der Waals surface area contributed by atoms with Crippen molar-refractivity contribution < 1.29 is 4.79 Å². The lowest BCUT2D eigenvalue weighted by Gasteiger charge is -2.21. The van der Waals surface area contributed by atoms with Gasteiger partial charge in [-0.2, -0.15) is 0 Å². The van der Waals surface area contributed by atoms with Gasteiger partial charge in [0.25, 0.3) is 0 Å². The second-order valence-corrected chi connectivity index (χ2v) is 5.38. The van der Waals surface area contributed by atoms with Gasteiger partial charge in [0.2, 0.25) is 5.91 Å². The Kier molecular flexibility index (Phi) is 1.69. The van der Waals surface area contributed by atoms with Crippen molar-refractivity contribution in [1.29, 1.82) is 0 Å². The third-order valence-corrected chi connectivity index (χ3v) is 4.17. The van der Waals surface area contributed by atoms with Crippen molar-refractivity contribution in [2.45, 2.75) is 32.2 Å². The van der Waals surface area contributed by atoms with Crippen LogP contribution in [-0.4, -0.2) is 36.5 Å². The molecule has 2 heterocycles. The van der Waals surface area contributed by atoms with E-state index in [0.717, 1.165) is 38.4 Å². The standard InChI is InChI=1S/C11H18N2O/c1-11(3-4-11)10(14)13-6-8-2-5-12-9(8)7-13/h8-9,12H,2-7H2,1H3. The van der Waals surface area contributed by atoms with E-state index in [0.29, 0.717) is 11.9 Å². The molecule has 2 atom stereocenters. The fraction of sp³-hybridized carbons (Fsp3) is 0.909. The average molecular weight is 194 g/mol. The van der Waals surface area contributed by atoms with Crippen LogP contribution in [0.25, 0.3) is 0 Å². The summed E-state index contributed by atoms with van der Waals surface area (Å²) in [5.74, 6) is 1.15. The third-order valence-electron chi connectivity index (χ3n) is 4.17. The Morgan fingerprint density at radius 3 is 2.86 bits per heavy atom. The molecule has 2 aliphatic heterocycles. The molecule has 1 aliphatic carbocycles. The largest absolute Gasteiger partial charge is 0.340 e. The van der Waals surface area contributed by atoms with Crippen molar-refractivity contribution in [3.05, 3.63) is 0 Å². The molecule has 0 spiro atoms. The number of carbonyl (C=O) groups is 1. The van der Waals surface area contributed by atoms with E-state index in [1.165, 1.54) is 6.42 Å². The number of hydrogen-bond donors (Lipinski definition) is 1. The van der Waals surface area contributed by atoms with Crippen LogP contribution in [0.15, 0.2) is 0 Å². The van der Waals surface area contributed by atoms with E-state index >= 15 is 0 Å². The zero-order valence-corrected chi connectivity index (χ0v) is 8.75. The molecule has 1 amide bonds. The number of hydrogen-bond acceptors (Lipinski definition) is 2. The van der Waals surface area contributed by atoms with Crippen LogP contribution in [0.1, 0.15) is 26.2 Å². The summed E-state index contributed by atoms with van der Waals surface area (Å²) in [6.45, 7) is 5.22. The average Bonchev–Trinajstić information content (AvgIpc) is 2.63. The zero-order valence-electron chi connectivity index (χ0n) is 8.75. The Labute approximate surface area is 84.8 Å². The van der Waals surface area contributed by atoms with Gasteiger partial charge in [-0.15, -0.1) is 0 Å². The lowest BCUT2D eigenvalue weighted by molar-refractivity contribution is -0.135. The summed E-state index contributed by atoms with van der Waals surface area (Å²) in [6.07, 6.45) is 3.46. The molecule has 0 aromatic heterocycles. The Bertz CT molecular complexity index is 260. The summed E-state index contributed by atoms with van der Waals surface area (Å²) in [6, 6.07) is 0.598. The van der Waals surface area contributed by atoms with Crippen LogP contribution in [0, 0.1) is 11.3 Å². The third kappa shape index (κ3) is 1.18.